The molecule has 0 amide bonds. The van der Waals surface area contributed by atoms with E-state index in [0.29, 0.717) is 18.6 Å². The van der Waals surface area contributed by atoms with Gasteiger partial charge in [0.1, 0.15) is 11.6 Å². The van der Waals surface area contributed by atoms with Crippen molar-refractivity contribution < 1.29 is 4.39 Å². The maximum Gasteiger partial charge on any atom is 0.141 e. The molecule has 3 rings (SSSR count). The number of nitrogens with two attached hydrogens (primary N) is 1. The van der Waals surface area contributed by atoms with Crippen molar-refractivity contribution in [1.29, 1.82) is 0 Å². The van der Waals surface area contributed by atoms with Gasteiger partial charge in [0.05, 0.1) is 6.20 Å². The molecule has 2 aliphatic heterocycles. The molecule has 2 fully saturated rings. The lowest BCUT2D eigenvalue weighted by molar-refractivity contribution is 0.202. The smallest absolute Gasteiger partial charge is 0.141 e. The molecular weight excluding hydrogens is 243 g/mol. The predicted molar refractivity (Wildman–Crippen MR) is 73.5 cm³/mol. The number of aromatic nitrogens is 1. The number of piperazine rings is 1. The molecule has 3 heterocycles. The van der Waals surface area contributed by atoms with Crippen LogP contribution in [0.1, 0.15) is 25.3 Å². The van der Waals surface area contributed by atoms with E-state index in [1.165, 1.54) is 31.6 Å². The Kier molecular flexibility index (Phi) is 3.41. The molecule has 2 aliphatic rings. The molecule has 0 bridgehead atoms. The molecule has 0 radical (unpaired) electrons. The van der Waals surface area contributed by atoms with E-state index < -0.39 is 0 Å². The van der Waals surface area contributed by atoms with Crippen LogP contribution in [0.5, 0.6) is 0 Å². The lowest BCUT2D eigenvalue weighted by Crippen LogP contribution is -2.55. The Hall–Kier alpha value is -1.20. The van der Waals surface area contributed by atoms with Gasteiger partial charge in [-0.05, 0) is 32.4 Å². The normalized spacial score (nSPS) is 27.6. The molecule has 1 aromatic rings. The first-order chi connectivity index (χ1) is 9.19. The highest BCUT2D eigenvalue weighted by atomic mass is 19.1. The van der Waals surface area contributed by atoms with Crippen molar-refractivity contribution in [3.63, 3.8) is 0 Å². The highest BCUT2D eigenvalue weighted by Gasteiger charge is 2.35. The predicted octanol–water partition coefficient (Wildman–Crippen LogP) is 1.35. The van der Waals surface area contributed by atoms with Gasteiger partial charge < -0.3 is 10.6 Å². The Balaban J connectivity index is 1.88. The summed E-state index contributed by atoms with van der Waals surface area (Å²) in [6, 6.07) is 2.53. The first-order valence-corrected chi connectivity index (χ1v) is 7.04. The van der Waals surface area contributed by atoms with Crippen LogP contribution in [0.25, 0.3) is 0 Å². The number of fused-ring (bicyclic) bond motifs is 1. The summed E-state index contributed by atoms with van der Waals surface area (Å²) in [4.78, 5) is 9.15. The van der Waals surface area contributed by atoms with Crippen molar-refractivity contribution in [2.45, 2.75) is 38.4 Å². The van der Waals surface area contributed by atoms with Gasteiger partial charge in [-0.1, -0.05) is 0 Å². The summed E-state index contributed by atoms with van der Waals surface area (Å²) in [5.41, 5.74) is 6.54. The summed E-state index contributed by atoms with van der Waals surface area (Å²) in [7, 11) is 0. The van der Waals surface area contributed by atoms with Gasteiger partial charge in [-0.3, -0.25) is 4.90 Å². The SMILES string of the molecule is CC1CN2CCCC2CN1c1ncc(F)cc1CN. The second-order valence-corrected chi connectivity index (χ2v) is 5.63. The van der Waals surface area contributed by atoms with E-state index in [2.05, 4.69) is 21.7 Å². The summed E-state index contributed by atoms with van der Waals surface area (Å²) >= 11 is 0. The van der Waals surface area contributed by atoms with Gasteiger partial charge in [0.2, 0.25) is 0 Å². The monoisotopic (exact) mass is 264 g/mol. The summed E-state index contributed by atoms with van der Waals surface area (Å²) < 4.78 is 13.3. The number of halogens is 1. The quantitative estimate of drug-likeness (QED) is 0.876. The van der Waals surface area contributed by atoms with Gasteiger partial charge >= 0.3 is 0 Å². The third-order valence-electron chi connectivity index (χ3n) is 4.34. The first kappa shape index (κ1) is 12.8. The maximum atomic E-state index is 13.3. The molecule has 5 heteroatoms. The lowest BCUT2D eigenvalue weighted by Gasteiger charge is -2.43. The van der Waals surface area contributed by atoms with Gasteiger partial charge in [-0.25, -0.2) is 9.37 Å². The van der Waals surface area contributed by atoms with Crippen molar-refractivity contribution in [3.05, 3.63) is 23.6 Å². The van der Waals surface area contributed by atoms with Crippen LogP contribution in [-0.2, 0) is 6.54 Å². The van der Waals surface area contributed by atoms with Crippen LogP contribution in [0, 0.1) is 5.82 Å². The van der Waals surface area contributed by atoms with Crippen LogP contribution < -0.4 is 10.6 Å². The molecule has 1 aromatic heterocycles. The molecule has 0 spiro atoms. The summed E-state index contributed by atoms with van der Waals surface area (Å²) in [5.74, 6) is 0.555. The van der Waals surface area contributed by atoms with Crippen LogP contribution in [0.4, 0.5) is 10.2 Å². The first-order valence-electron chi connectivity index (χ1n) is 7.04. The Morgan fingerprint density at radius 2 is 2.32 bits per heavy atom. The number of nitrogens with zero attached hydrogens (tertiary/aromatic N) is 3. The van der Waals surface area contributed by atoms with Crippen LogP contribution in [-0.4, -0.2) is 41.6 Å². The van der Waals surface area contributed by atoms with Crippen molar-refractivity contribution in [2.24, 2.45) is 5.73 Å². The van der Waals surface area contributed by atoms with E-state index in [9.17, 15) is 4.39 Å². The van der Waals surface area contributed by atoms with E-state index in [0.717, 1.165) is 24.5 Å². The Morgan fingerprint density at radius 1 is 1.47 bits per heavy atom. The van der Waals surface area contributed by atoms with E-state index in [1.54, 1.807) is 0 Å². The average Bonchev–Trinajstić information content (AvgIpc) is 2.85. The minimum Gasteiger partial charge on any atom is -0.351 e. The van der Waals surface area contributed by atoms with Gasteiger partial charge in [0, 0.05) is 37.3 Å². The third-order valence-corrected chi connectivity index (χ3v) is 4.34. The number of hydrogen-bond acceptors (Lipinski definition) is 4. The fourth-order valence-electron chi connectivity index (χ4n) is 3.37. The number of anilines is 1. The molecule has 4 nitrogen and oxygen atoms in total. The second-order valence-electron chi connectivity index (χ2n) is 5.63. The highest BCUT2D eigenvalue weighted by Crippen LogP contribution is 2.29. The number of hydrogen-bond donors (Lipinski definition) is 1. The van der Waals surface area contributed by atoms with Crippen molar-refractivity contribution in [2.75, 3.05) is 24.5 Å². The van der Waals surface area contributed by atoms with E-state index >= 15 is 0 Å². The molecule has 2 atom stereocenters. The van der Waals surface area contributed by atoms with Crippen molar-refractivity contribution >= 4 is 5.82 Å². The van der Waals surface area contributed by atoms with E-state index in [4.69, 9.17) is 5.73 Å². The number of rotatable bonds is 2. The van der Waals surface area contributed by atoms with Crippen molar-refractivity contribution in [1.82, 2.24) is 9.88 Å². The van der Waals surface area contributed by atoms with E-state index in [1.807, 2.05) is 0 Å². The second kappa shape index (κ2) is 5.06. The molecular formula is C14H21FN4. The summed E-state index contributed by atoms with van der Waals surface area (Å²) in [6.45, 7) is 5.79. The molecule has 2 N–H and O–H groups in total. The van der Waals surface area contributed by atoms with Gasteiger partial charge in [-0.15, -0.1) is 0 Å². The number of pyridine rings is 1. The lowest BCUT2D eigenvalue weighted by atomic mass is 10.1. The zero-order chi connectivity index (χ0) is 13.4. The molecule has 104 valence electrons. The van der Waals surface area contributed by atoms with Gasteiger partial charge in [-0.2, -0.15) is 0 Å². The summed E-state index contributed by atoms with van der Waals surface area (Å²) in [6.07, 6.45) is 3.83. The molecule has 0 saturated carbocycles. The molecule has 2 saturated heterocycles. The van der Waals surface area contributed by atoms with Crippen LogP contribution in [0.2, 0.25) is 0 Å². The minimum absolute atomic E-state index is 0.309. The van der Waals surface area contributed by atoms with Gasteiger partial charge in [0.25, 0.3) is 0 Å². The molecule has 19 heavy (non-hydrogen) atoms. The van der Waals surface area contributed by atoms with Crippen molar-refractivity contribution in [3.8, 4) is 0 Å². The highest BCUT2D eigenvalue weighted by molar-refractivity contribution is 5.48. The fourth-order valence-corrected chi connectivity index (χ4v) is 3.37. The third kappa shape index (κ3) is 2.32. The Bertz CT molecular complexity index is 465. The fraction of sp³-hybridized carbons (Fsp3) is 0.643. The zero-order valence-electron chi connectivity index (χ0n) is 11.3. The largest absolute Gasteiger partial charge is 0.351 e. The molecule has 0 aliphatic carbocycles. The molecule has 2 unspecified atom stereocenters. The molecule has 0 aromatic carbocycles. The van der Waals surface area contributed by atoms with Crippen LogP contribution in [0.15, 0.2) is 12.3 Å². The Morgan fingerprint density at radius 3 is 3.11 bits per heavy atom. The van der Waals surface area contributed by atoms with Gasteiger partial charge in [0.15, 0.2) is 0 Å². The summed E-state index contributed by atoms with van der Waals surface area (Å²) in [5, 5.41) is 0. The average molecular weight is 264 g/mol. The topological polar surface area (TPSA) is 45.4 Å². The standard InChI is InChI=1S/C14H21FN4/c1-10-8-18-4-2-3-13(18)9-19(10)14-11(6-16)5-12(15)7-17-14/h5,7,10,13H,2-4,6,8-9,16H2,1H3. The maximum absolute atomic E-state index is 13.3. The van der Waals surface area contributed by atoms with E-state index in [-0.39, 0.29) is 5.82 Å². The van der Waals surface area contributed by atoms with Crippen LogP contribution in [0.3, 0.4) is 0 Å². The zero-order valence-corrected chi connectivity index (χ0v) is 11.3. The van der Waals surface area contributed by atoms with Crippen LogP contribution >= 0.6 is 0 Å². The minimum atomic E-state index is -0.309. The Labute approximate surface area is 113 Å².